The van der Waals surface area contributed by atoms with Gasteiger partial charge < -0.3 is 15.4 Å². The van der Waals surface area contributed by atoms with Crippen molar-refractivity contribution in [1.29, 1.82) is 0 Å². The first kappa shape index (κ1) is 19.5. The predicted molar refractivity (Wildman–Crippen MR) is 97.9 cm³/mol. The van der Waals surface area contributed by atoms with E-state index in [0.717, 1.165) is 50.7 Å². The van der Waals surface area contributed by atoms with Crippen LogP contribution in [0.5, 0.6) is 0 Å². The standard InChI is InChI=1S/C17H24ClN3O2.ClH/c18-14-5-3-13(4-6-14)16(21-8-10-23-11-9-21)12-20-17(22)15-2-1-7-19-15;/h3-6,15-16,19H,1-2,7-12H2,(H,20,22);1H. The number of halogens is 2. The van der Waals surface area contributed by atoms with Crippen LogP contribution >= 0.6 is 24.0 Å². The van der Waals surface area contributed by atoms with Crippen molar-refractivity contribution < 1.29 is 9.53 Å². The molecule has 1 aromatic carbocycles. The lowest BCUT2D eigenvalue weighted by molar-refractivity contribution is -0.123. The lowest BCUT2D eigenvalue weighted by Gasteiger charge is -2.35. The van der Waals surface area contributed by atoms with Gasteiger partial charge in [0.25, 0.3) is 0 Å². The Bertz CT molecular complexity index is 515. The zero-order valence-corrected chi connectivity index (χ0v) is 15.2. The van der Waals surface area contributed by atoms with Crippen LogP contribution in [0.15, 0.2) is 24.3 Å². The van der Waals surface area contributed by atoms with Gasteiger partial charge >= 0.3 is 0 Å². The van der Waals surface area contributed by atoms with E-state index in [1.165, 1.54) is 5.56 Å². The monoisotopic (exact) mass is 373 g/mol. The third-order valence-corrected chi connectivity index (χ3v) is 4.84. The van der Waals surface area contributed by atoms with Crippen LogP contribution in [0, 0.1) is 0 Å². The minimum Gasteiger partial charge on any atom is -0.379 e. The van der Waals surface area contributed by atoms with Crippen molar-refractivity contribution in [2.24, 2.45) is 0 Å². The molecule has 0 saturated carbocycles. The van der Waals surface area contributed by atoms with Gasteiger partial charge in [0.1, 0.15) is 0 Å². The summed E-state index contributed by atoms with van der Waals surface area (Å²) in [4.78, 5) is 14.7. The van der Waals surface area contributed by atoms with E-state index in [1.54, 1.807) is 0 Å². The second kappa shape index (κ2) is 9.59. The van der Waals surface area contributed by atoms with Crippen LogP contribution in [0.1, 0.15) is 24.4 Å². The Balaban J connectivity index is 0.00000208. The van der Waals surface area contributed by atoms with Gasteiger partial charge in [0, 0.05) is 24.7 Å². The average molecular weight is 374 g/mol. The summed E-state index contributed by atoms with van der Waals surface area (Å²) in [6, 6.07) is 8.02. The van der Waals surface area contributed by atoms with E-state index in [0.29, 0.717) is 6.54 Å². The van der Waals surface area contributed by atoms with Crippen molar-refractivity contribution in [3.63, 3.8) is 0 Å². The number of rotatable bonds is 5. The van der Waals surface area contributed by atoms with Crippen LogP contribution < -0.4 is 10.6 Å². The molecule has 0 bridgehead atoms. The molecule has 0 spiro atoms. The zero-order chi connectivity index (χ0) is 16.1. The summed E-state index contributed by atoms with van der Waals surface area (Å²) in [6.45, 7) is 4.78. The number of morpholine rings is 1. The Hall–Kier alpha value is -0.850. The Kier molecular flexibility index (Phi) is 7.78. The van der Waals surface area contributed by atoms with Gasteiger partial charge in [-0.15, -0.1) is 12.4 Å². The van der Waals surface area contributed by atoms with E-state index in [4.69, 9.17) is 16.3 Å². The van der Waals surface area contributed by atoms with E-state index in [2.05, 4.69) is 15.5 Å². The van der Waals surface area contributed by atoms with E-state index in [9.17, 15) is 4.79 Å². The first-order chi connectivity index (χ1) is 11.2. The van der Waals surface area contributed by atoms with Gasteiger partial charge in [-0.3, -0.25) is 9.69 Å². The normalized spacial score (nSPS) is 22.6. The number of carbonyl (C=O) groups is 1. The van der Waals surface area contributed by atoms with Gasteiger partial charge in [0.15, 0.2) is 0 Å². The van der Waals surface area contributed by atoms with Crippen LogP contribution in [0.3, 0.4) is 0 Å². The zero-order valence-electron chi connectivity index (χ0n) is 13.7. The molecule has 2 fully saturated rings. The van der Waals surface area contributed by atoms with Gasteiger partial charge in [-0.1, -0.05) is 23.7 Å². The fourth-order valence-corrected chi connectivity index (χ4v) is 3.39. The second-order valence-corrected chi connectivity index (χ2v) is 6.55. The summed E-state index contributed by atoms with van der Waals surface area (Å²) in [7, 11) is 0. The Labute approximate surface area is 154 Å². The molecule has 7 heteroatoms. The first-order valence-corrected chi connectivity index (χ1v) is 8.70. The summed E-state index contributed by atoms with van der Waals surface area (Å²) in [5.41, 5.74) is 1.18. The Morgan fingerprint density at radius 1 is 1.33 bits per heavy atom. The number of hydrogen-bond acceptors (Lipinski definition) is 4. The molecule has 2 heterocycles. The van der Waals surface area contributed by atoms with Crippen LogP contribution in [0.2, 0.25) is 5.02 Å². The van der Waals surface area contributed by atoms with Crippen molar-refractivity contribution >= 4 is 29.9 Å². The fraction of sp³-hybridized carbons (Fsp3) is 0.588. The highest BCUT2D eigenvalue weighted by atomic mass is 35.5. The fourth-order valence-electron chi connectivity index (χ4n) is 3.26. The van der Waals surface area contributed by atoms with E-state index in [1.807, 2.05) is 24.3 Å². The molecular formula is C17H25Cl2N3O2. The summed E-state index contributed by atoms with van der Waals surface area (Å²) in [5, 5.41) is 7.09. The minimum atomic E-state index is -0.0365. The first-order valence-electron chi connectivity index (χ1n) is 8.32. The molecule has 0 aliphatic carbocycles. The Morgan fingerprint density at radius 2 is 2.04 bits per heavy atom. The SMILES string of the molecule is Cl.O=C(NCC(c1ccc(Cl)cc1)N1CCOCC1)C1CCCN1. The van der Waals surface area contributed by atoms with E-state index >= 15 is 0 Å². The van der Waals surface area contributed by atoms with Gasteiger partial charge in [-0.05, 0) is 37.1 Å². The van der Waals surface area contributed by atoms with Crippen LogP contribution in [-0.2, 0) is 9.53 Å². The number of nitrogens with one attached hydrogen (secondary N) is 2. The van der Waals surface area contributed by atoms with E-state index in [-0.39, 0.29) is 30.4 Å². The number of amides is 1. The number of carbonyl (C=O) groups excluding carboxylic acids is 1. The summed E-state index contributed by atoms with van der Waals surface area (Å²) >= 11 is 6.00. The third-order valence-electron chi connectivity index (χ3n) is 4.59. The number of benzene rings is 1. The summed E-state index contributed by atoms with van der Waals surface area (Å²) in [5.74, 6) is 0.106. The molecule has 2 unspecified atom stereocenters. The van der Waals surface area contributed by atoms with Gasteiger partial charge in [0.2, 0.25) is 5.91 Å². The average Bonchev–Trinajstić information content (AvgIpc) is 3.12. The second-order valence-electron chi connectivity index (χ2n) is 6.11. The minimum absolute atomic E-state index is 0. The van der Waals surface area contributed by atoms with Gasteiger partial charge in [-0.25, -0.2) is 0 Å². The van der Waals surface area contributed by atoms with Crippen molar-refractivity contribution in [1.82, 2.24) is 15.5 Å². The molecule has 2 atom stereocenters. The third kappa shape index (κ3) is 5.07. The van der Waals surface area contributed by atoms with E-state index < -0.39 is 0 Å². The van der Waals surface area contributed by atoms with Gasteiger partial charge in [0.05, 0.1) is 25.3 Å². The molecule has 134 valence electrons. The molecule has 3 rings (SSSR count). The maximum atomic E-state index is 12.3. The van der Waals surface area contributed by atoms with Crippen LogP contribution in [0.4, 0.5) is 0 Å². The van der Waals surface area contributed by atoms with Crippen LogP contribution in [-0.4, -0.2) is 56.2 Å². The molecular weight excluding hydrogens is 349 g/mol. The quantitative estimate of drug-likeness (QED) is 0.828. The molecule has 1 aromatic rings. The predicted octanol–water partition coefficient (Wildman–Crippen LogP) is 2.00. The van der Waals surface area contributed by atoms with Crippen molar-refractivity contribution in [2.45, 2.75) is 24.9 Å². The molecule has 2 aliphatic heterocycles. The van der Waals surface area contributed by atoms with Crippen molar-refractivity contribution in [3.05, 3.63) is 34.9 Å². The molecule has 0 aromatic heterocycles. The topological polar surface area (TPSA) is 53.6 Å². The molecule has 24 heavy (non-hydrogen) atoms. The molecule has 5 nitrogen and oxygen atoms in total. The van der Waals surface area contributed by atoms with Gasteiger partial charge in [-0.2, -0.15) is 0 Å². The highest BCUT2D eigenvalue weighted by Gasteiger charge is 2.26. The molecule has 2 N–H and O–H groups in total. The smallest absolute Gasteiger partial charge is 0.237 e. The molecule has 2 aliphatic rings. The lowest BCUT2D eigenvalue weighted by Crippen LogP contribution is -2.47. The van der Waals surface area contributed by atoms with Crippen molar-refractivity contribution in [3.8, 4) is 0 Å². The highest BCUT2D eigenvalue weighted by molar-refractivity contribution is 6.30. The summed E-state index contributed by atoms with van der Waals surface area (Å²) < 4.78 is 5.45. The van der Waals surface area contributed by atoms with Crippen molar-refractivity contribution in [2.75, 3.05) is 39.4 Å². The lowest BCUT2D eigenvalue weighted by atomic mass is 10.0. The molecule has 1 amide bonds. The maximum Gasteiger partial charge on any atom is 0.237 e. The number of ether oxygens (including phenoxy) is 1. The highest BCUT2D eigenvalue weighted by Crippen LogP contribution is 2.23. The number of hydrogen-bond donors (Lipinski definition) is 2. The van der Waals surface area contributed by atoms with Crippen LogP contribution in [0.25, 0.3) is 0 Å². The maximum absolute atomic E-state index is 12.3. The molecule has 0 radical (unpaired) electrons. The summed E-state index contributed by atoms with van der Waals surface area (Å²) in [6.07, 6.45) is 2.00. The number of nitrogens with zero attached hydrogens (tertiary/aromatic N) is 1. The largest absolute Gasteiger partial charge is 0.379 e. The Morgan fingerprint density at radius 3 is 2.67 bits per heavy atom. The molecule has 2 saturated heterocycles.